The van der Waals surface area contributed by atoms with E-state index in [1.165, 1.54) is 11.3 Å². The van der Waals surface area contributed by atoms with Crippen LogP contribution in [0.15, 0.2) is 48.7 Å². The summed E-state index contributed by atoms with van der Waals surface area (Å²) in [5, 5.41) is 3.19. The van der Waals surface area contributed by atoms with Gasteiger partial charge in [-0.15, -0.1) is 11.3 Å². The Balaban J connectivity index is 1.68. The van der Waals surface area contributed by atoms with Gasteiger partial charge in [-0.2, -0.15) is 0 Å². The number of pyridine rings is 1. The monoisotopic (exact) mass is 356 g/mol. The number of nitrogens with one attached hydrogen (secondary N) is 1. The van der Waals surface area contributed by atoms with Crippen LogP contribution in [-0.2, 0) is 6.42 Å². The largest absolute Gasteiger partial charge is 0.493 e. The highest BCUT2D eigenvalue weighted by atomic mass is 35.5. The second-order valence-corrected chi connectivity index (χ2v) is 6.81. The number of hydrogen-bond donors (Lipinski definition) is 1. The smallest absolute Gasteiger partial charge is 0.266 e. The third-order valence-electron chi connectivity index (χ3n) is 3.78. The van der Waals surface area contributed by atoms with Crippen molar-refractivity contribution in [3.05, 3.63) is 64.1 Å². The Bertz CT molecular complexity index is 923. The van der Waals surface area contributed by atoms with Crippen LogP contribution in [0.1, 0.15) is 15.2 Å². The highest BCUT2D eigenvalue weighted by molar-refractivity contribution is 7.17. The van der Waals surface area contributed by atoms with Crippen LogP contribution in [-0.4, -0.2) is 17.5 Å². The zero-order valence-electron chi connectivity index (χ0n) is 12.6. The van der Waals surface area contributed by atoms with Gasteiger partial charge in [0.2, 0.25) is 0 Å². The maximum absolute atomic E-state index is 12.6. The molecule has 6 heteroatoms. The molecule has 1 aromatic carbocycles. The van der Waals surface area contributed by atoms with Crippen molar-refractivity contribution in [1.82, 2.24) is 4.98 Å². The molecular formula is C18H13ClN2O2S. The summed E-state index contributed by atoms with van der Waals surface area (Å²) in [6.07, 6.45) is 2.37. The molecule has 1 N–H and O–H groups in total. The number of thiophene rings is 1. The van der Waals surface area contributed by atoms with Crippen LogP contribution in [0.4, 0.5) is 5.82 Å². The molecule has 3 heterocycles. The number of para-hydroxylation sites is 1. The molecule has 1 amide bonds. The first-order chi connectivity index (χ1) is 11.7. The summed E-state index contributed by atoms with van der Waals surface area (Å²) in [6, 6.07) is 13.3. The fourth-order valence-electron chi connectivity index (χ4n) is 2.65. The molecule has 0 spiro atoms. The van der Waals surface area contributed by atoms with Crippen LogP contribution in [0.5, 0.6) is 5.75 Å². The summed E-state index contributed by atoms with van der Waals surface area (Å²) in [4.78, 5) is 18.4. The first-order valence-corrected chi connectivity index (χ1v) is 8.68. The Morgan fingerprint density at radius 1 is 1.25 bits per heavy atom. The first-order valence-electron chi connectivity index (χ1n) is 7.49. The van der Waals surface area contributed by atoms with Gasteiger partial charge in [0.1, 0.15) is 5.75 Å². The number of carbonyl (C=O) groups excluding carboxylic acids is 1. The summed E-state index contributed by atoms with van der Waals surface area (Å²) in [6.45, 7) is 0.605. The summed E-state index contributed by atoms with van der Waals surface area (Å²) in [7, 11) is 0. The fraction of sp³-hybridized carbons (Fsp3) is 0.111. The molecule has 0 aliphatic carbocycles. The van der Waals surface area contributed by atoms with Crippen molar-refractivity contribution in [2.75, 3.05) is 11.9 Å². The van der Waals surface area contributed by atoms with E-state index in [0.29, 0.717) is 22.3 Å². The van der Waals surface area contributed by atoms with Gasteiger partial charge in [0.05, 0.1) is 16.5 Å². The summed E-state index contributed by atoms with van der Waals surface area (Å²) < 4.78 is 5.78. The van der Waals surface area contributed by atoms with E-state index in [9.17, 15) is 4.79 Å². The molecule has 1 aliphatic heterocycles. The Morgan fingerprint density at radius 3 is 3.00 bits per heavy atom. The number of anilines is 1. The van der Waals surface area contributed by atoms with Crippen molar-refractivity contribution in [3.8, 4) is 16.2 Å². The minimum Gasteiger partial charge on any atom is -0.493 e. The first kappa shape index (κ1) is 15.2. The van der Waals surface area contributed by atoms with Gasteiger partial charge in [0.25, 0.3) is 5.91 Å². The Labute approximate surface area is 148 Å². The van der Waals surface area contributed by atoms with Gasteiger partial charge in [-0.1, -0.05) is 23.7 Å². The van der Waals surface area contributed by atoms with Crippen molar-refractivity contribution in [3.63, 3.8) is 0 Å². The fourth-order valence-corrected chi connectivity index (χ4v) is 3.96. The van der Waals surface area contributed by atoms with E-state index in [1.54, 1.807) is 18.3 Å². The van der Waals surface area contributed by atoms with Crippen LogP contribution < -0.4 is 10.1 Å². The Kier molecular flexibility index (Phi) is 3.96. The lowest BCUT2D eigenvalue weighted by Gasteiger charge is -2.06. The van der Waals surface area contributed by atoms with Crippen molar-refractivity contribution in [1.29, 1.82) is 0 Å². The molecular weight excluding hydrogens is 344 g/mol. The van der Waals surface area contributed by atoms with Gasteiger partial charge >= 0.3 is 0 Å². The molecule has 0 fully saturated rings. The van der Waals surface area contributed by atoms with Gasteiger partial charge in [-0.25, -0.2) is 4.98 Å². The summed E-state index contributed by atoms with van der Waals surface area (Å²) in [5.41, 5.74) is 2.16. The predicted molar refractivity (Wildman–Crippen MR) is 96.2 cm³/mol. The highest BCUT2D eigenvalue weighted by Crippen LogP contribution is 2.40. The maximum Gasteiger partial charge on any atom is 0.266 e. The number of carbonyl (C=O) groups is 1. The molecule has 0 unspecified atom stereocenters. The zero-order valence-corrected chi connectivity index (χ0v) is 14.2. The van der Waals surface area contributed by atoms with Crippen LogP contribution in [0.25, 0.3) is 10.4 Å². The van der Waals surface area contributed by atoms with Crippen LogP contribution in [0, 0.1) is 0 Å². The number of benzene rings is 1. The highest BCUT2D eigenvalue weighted by Gasteiger charge is 2.21. The third kappa shape index (κ3) is 2.77. The molecule has 120 valence electrons. The number of hydrogen-bond acceptors (Lipinski definition) is 4. The topological polar surface area (TPSA) is 51.2 Å². The van der Waals surface area contributed by atoms with E-state index in [4.69, 9.17) is 16.3 Å². The van der Waals surface area contributed by atoms with Gasteiger partial charge in [-0.3, -0.25) is 4.79 Å². The second kappa shape index (κ2) is 6.26. The van der Waals surface area contributed by atoms with Crippen molar-refractivity contribution < 1.29 is 9.53 Å². The minimum absolute atomic E-state index is 0.202. The van der Waals surface area contributed by atoms with Crippen molar-refractivity contribution >= 4 is 34.7 Å². The SMILES string of the molecule is O=C(Nc1ncccc1Cl)c1cc2c(s1)-c1ccccc1OCC2. The maximum atomic E-state index is 12.6. The molecule has 24 heavy (non-hydrogen) atoms. The lowest BCUT2D eigenvalue weighted by molar-refractivity contribution is 0.103. The van der Waals surface area contributed by atoms with Gasteiger partial charge in [-0.05, 0) is 35.9 Å². The van der Waals surface area contributed by atoms with E-state index >= 15 is 0 Å². The van der Waals surface area contributed by atoms with Crippen LogP contribution >= 0.6 is 22.9 Å². The van der Waals surface area contributed by atoms with Crippen molar-refractivity contribution in [2.45, 2.75) is 6.42 Å². The zero-order chi connectivity index (χ0) is 16.5. The summed E-state index contributed by atoms with van der Waals surface area (Å²) in [5.74, 6) is 1.03. The van der Waals surface area contributed by atoms with Gasteiger partial charge in [0, 0.05) is 23.1 Å². The van der Waals surface area contributed by atoms with Crippen LogP contribution in [0.2, 0.25) is 5.02 Å². The predicted octanol–water partition coefficient (Wildman–Crippen LogP) is 4.65. The molecule has 4 rings (SSSR count). The second-order valence-electron chi connectivity index (χ2n) is 5.35. The molecule has 0 atom stereocenters. The lowest BCUT2D eigenvalue weighted by Crippen LogP contribution is -2.11. The van der Waals surface area contributed by atoms with E-state index < -0.39 is 0 Å². The molecule has 2 aromatic heterocycles. The van der Waals surface area contributed by atoms with Crippen LogP contribution in [0.3, 0.4) is 0 Å². The van der Waals surface area contributed by atoms with Crippen molar-refractivity contribution in [2.24, 2.45) is 0 Å². The van der Waals surface area contributed by atoms with E-state index in [0.717, 1.165) is 28.2 Å². The molecule has 0 radical (unpaired) electrons. The number of halogens is 1. The average Bonchev–Trinajstić information content (AvgIpc) is 2.94. The number of ether oxygens (including phenoxy) is 1. The number of fused-ring (bicyclic) bond motifs is 3. The normalized spacial score (nSPS) is 12.5. The summed E-state index contributed by atoms with van der Waals surface area (Å²) >= 11 is 7.52. The van der Waals surface area contributed by atoms with Gasteiger partial charge in [0.15, 0.2) is 5.82 Å². The van der Waals surface area contributed by atoms with E-state index in [2.05, 4.69) is 10.3 Å². The molecule has 0 saturated heterocycles. The lowest BCUT2D eigenvalue weighted by atomic mass is 10.1. The molecule has 4 nitrogen and oxygen atoms in total. The van der Waals surface area contributed by atoms with Gasteiger partial charge < -0.3 is 10.1 Å². The Morgan fingerprint density at radius 2 is 2.12 bits per heavy atom. The quantitative estimate of drug-likeness (QED) is 0.727. The van der Waals surface area contributed by atoms with E-state index in [1.807, 2.05) is 30.3 Å². The number of nitrogens with zero attached hydrogens (tertiary/aromatic N) is 1. The molecule has 1 aliphatic rings. The molecule has 0 bridgehead atoms. The standard InChI is InChI=1S/C18H13ClN2O2S/c19-13-5-3-8-20-17(13)21-18(22)15-10-11-7-9-23-14-6-2-1-4-12(14)16(11)24-15/h1-6,8,10H,7,9H2,(H,20,21,22). The molecule has 3 aromatic rings. The van der Waals surface area contributed by atoms with E-state index in [-0.39, 0.29) is 5.91 Å². The Hall–Kier alpha value is -2.37. The number of aromatic nitrogens is 1. The number of amides is 1. The third-order valence-corrected chi connectivity index (χ3v) is 5.30. The average molecular weight is 357 g/mol. The number of rotatable bonds is 2. The minimum atomic E-state index is -0.202. The molecule has 0 saturated carbocycles.